The van der Waals surface area contributed by atoms with Crippen molar-refractivity contribution in [2.75, 3.05) is 12.0 Å². The van der Waals surface area contributed by atoms with Gasteiger partial charge in [-0.3, -0.25) is 20.4 Å². The van der Waals surface area contributed by atoms with E-state index in [0.29, 0.717) is 11.3 Å². The zero-order valence-corrected chi connectivity index (χ0v) is 18.3. The molecular formula is C20H24FN3O4S2. The van der Waals surface area contributed by atoms with Crippen LogP contribution >= 0.6 is 11.8 Å². The number of hydrogen-bond acceptors (Lipinski definition) is 5. The Kier molecular flexibility index (Phi) is 8.82. The molecular weight excluding hydrogens is 429 g/mol. The van der Waals surface area contributed by atoms with Crippen molar-refractivity contribution in [1.29, 1.82) is 0 Å². The van der Waals surface area contributed by atoms with Crippen LogP contribution in [-0.2, 0) is 21.2 Å². The van der Waals surface area contributed by atoms with Crippen LogP contribution in [0.2, 0.25) is 0 Å². The monoisotopic (exact) mass is 453 g/mol. The normalized spacial score (nSPS) is 12.2. The van der Waals surface area contributed by atoms with Gasteiger partial charge in [0.25, 0.3) is 11.8 Å². The van der Waals surface area contributed by atoms with Crippen molar-refractivity contribution in [2.24, 2.45) is 0 Å². The number of carbonyl (C=O) groups excluding carboxylic acids is 2. The third kappa shape index (κ3) is 6.54. The molecule has 0 heterocycles. The topological polar surface area (TPSA) is 104 Å². The summed E-state index contributed by atoms with van der Waals surface area (Å²) in [5, 5.41) is 0. The molecule has 2 amide bonds. The summed E-state index contributed by atoms with van der Waals surface area (Å²) >= 11 is 1.42. The standard InChI is InChI=1S/C20H24FN3O4S2/c1-3-14-8-10-15(11-9-14)19(25)22-23-20(26)17(12-13-29-2)24-30(27,28)18-7-5-4-6-16(18)21/h4-11,17,24H,3,12-13H2,1-2H3,(H,22,25)(H,23,26)/t17-/m1/s1. The van der Waals surface area contributed by atoms with E-state index in [2.05, 4.69) is 15.6 Å². The Hall–Kier alpha value is -2.43. The van der Waals surface area contributed by atoms with E-state index < -0.39 is 38.6 Å². The zero-order valence-electron chi connectivity index (χ0n) is 16.6. The fourth-order valence-electron chi connectivity index (χ4n) is 2.56. The molecule has 7 nitrogen and oxygen atoms in total. The molecule has 3 N–H and O–H groups in total. The summed E-state index contributed by atoms with van der Waals surface area (Å²) in [6, 6.07) is 10.6. The molecule has 0 radical (unpaired) electrons. The molecule has 0 aromatic heterocycles. The van der Waals surface area contributed by atoms with Crippen LogP contribution in [0.1, 0.15) is 29.3 Å². The number of benzene rings is 2. The van der Waals surface area contributed by atoms with E-state index >= 15 is 0 Å². The zero-order chi connectivity index (χ0) is 22.1. The summed E-state index contributed by atoms with van der Waals surface area (Å²) in [6.45, 7) is 1.99. The first kappa shape index (κ1) is 23.8. The molecule has 0 saturated heterocycles. The smallest absolute Gasteiger partial charge is 0.269 e. The van der Waals surface area contributed by atoms with Gasteiger partial charge in [0, 0.05) is 5.56 Å². The lowest BCUT2D eigenvalue weighted by Crippen LogP contribution is -2.52. The van der Waals surface area contributed by atoms with Gasteiger partial charge in [0.2, 0.25) is 10.0 Å². The number of halogens is 1. The third-order valence-corrected chi connectivity index (χ3v) is 6.42. The van der Waals surface area contributed by atoms with Crippen LogP contribution in [0.4, 0.5) is 4.39 Å². The van der Waals surface area contributed by atoms with Crippen molar-refractivity contribution >= 4 is 33.6 Å². The van der Waals surface area contributed by atoms with Crippen LogP contribution in [0.25, 0.3) is 0 Å². The predicted molar refractivity (Wildman–Crippen MR) is 115 cm³/mol. The highest BCUT2D eigenvalue weighted by molar-refractivity contribution is 7.98. The minimum absolute atomic E-state index is 0.155. The summed E-state index contributed by atoms with van der Waals surface area (Å²) in [6.07, 6.45) is 2.79. The minimum atomic E-state index is -4.27. The lowest BCUT2D eigenvalue weighted by molar-refractivity contribution is -0.123. The molecule has 2 aromatic carbocycles. The minimum Gasteiger partial charge on any atom is -0.271 e. The molecule has 0 bridgehead atoms. The van der Waals surface area contributed by atoms with Crippen LogP contribution in [0.5, 0.6) is 0 Å². The first-order valence-corrected chi connectivity index (χ1v) is 12.1. The van der Waals surface area contributed by atoms with Crippen LogP contribution in [-0.4, -0.2) is 38.3 Å². The highest BCUT2D eigenvalue weighted by atomic mass is 32.2. The number of carbonyl (C=O) groups is 2. The van der Waals surface area contributed by atoms with E-state index in [-0.39, 0.29) is 6.42 Å². The van der Waals surface area contributed by atoms with Gasteiger partial charge in [-0.05, 0) is 54.7 Å². The highest BCUT2D eigenvalue weighted by Gasteiger charge is 2.27. The first-order valence-electron chi connectivity index (χ1n) is 9.23. The van der Waals surface area contributed by atoms with E-state index in [1.165, 1.54) is 23.9 Å². The molecule has 0 spiro atoms. The van der Waals surface area contributed by atoms with Gasteiger partial charge in [-0.25, -0.2) is 12.8 Å². The Morgan fingerprint density at radius 1 is 1.07 bits per heavy atom. The highest BCUT2D eigenvalue weighted by Crippen LogP contribution is 2.15. The number of hydrazine groups is 1. The summed E-state index contributed by atoms with van der Waals surface area (Å²) in [4.78, 5) is 24.2. The second kappa shape index (κ2) is 11.1. The molecule has 10 heteroatoms. The predicted octanol–water partition coefficient (Wildman–Crippen LogP) is 2.25. The first-order chi connectivity index (χ1) is 14.3. The quantitative estimate of drug-likeness (QED) is 0.505. The second-order valence-corrected chi connectivity index (χ2v) is 9.05. The van der Waals surface area contributed by atoms with Gasteiger partial charge >= 0.3 is 0 Å². The SMILES string of the molecule is CCc1ccc(C(=O)NNC(=O)[C@@H](CCSC)NS(=O)(=O)c2ccccc2F)cc1. The van der Waals surface area contributed by atoms with Crippen LogP contribution in [0.3, 0.4) is 0 Å². The van der Waals surface area contributed by atoms with Gasteiger partial charge in [-0.15, -0.1) is 0 Å². The molecule has 2 rings (SSSR count). The maximum atomic E-state index is 13.9. The van der Waals surface area contributed by atoms with Crippen LogP contribution < -0.4 is 15.6 Å². The molecule has 1 atom stereocenters. The van der Waals surface area contributed by atoms with Crippen LogP contribution in [0.15, 0.2) is 53.4 Å². The average Bonchev–Trinajstić information content (AvgIpc) is 2.74. The number of amides is 2. The van der Waals surface area contributed by atoms with E-state index in [1.807, 2.05) is 13.2 Å². The van der Waals surface area contributed by atoms with E-state index in [4.69, 9.17) is 0 Å². The number of nitrogens with one attached hydrogen (secondary N) is 3. The van der Waals surface area contributed by atoms with Crippen molar-refractivity contribution in [3.05, 3.63) is 65.5 Å². The maximum absolute atomic E-state index is 13.9. The molecule has 0 aliphatic carbocycles. The van der Waals surface area contributed by atoms with E-state index in [9.17, 15) is 22.4 Å². The van der Waals surface area contributed by atoms with Crippen molar-refractivity contribution in [2.45, 2.75) is 30.7 Å². The van der Waals surface area contributed by atoms with Gasteiger partial charge in [0.05, 0.1) is 0 Å². The molecule has 162 valence electrons. The van der Waals surface area contributed by atoms with Gasteiger partial charge in [0.15, 0.2) is 0 Å². The number of hydrogen-bond donors (Lipinski definition) is 3. The van der Waals surface area contributed by atoms with Gasteiger partial charge < -0.3 is 0 Å². The van der Waals surface area contributed by atoms with Crippen molar-refractivity contribution in [1.82, 2.24) is 15.6 Å². The van der Waals surface area contributed by atoms with Gasteiger partial charge in [-0.1, -0.05) is 31.2 Å². The number of sulfonamides is 1. The Balaban J connectivity index is 2.07. The second-order valence-electron chi connectivity index (χ2n) is 6.38. The van der Waals surface area contributed by atoms with Crippen molar-refractivity contribution < 1.29 is 22.4 Å². The number of rotatable bonds is 9. The Morgan fingerprint density at radius 3 is 2.33 bits per heavy atom. The molecule has 0 saturated carbocycles. The molecule has 0 unspecified atom stereocenters. The summed E-state index contributed by atoms with van der Waals surface area (Å²) < 4.78 is 41.2. The summed E-state index contributed by atoms with van der Waals surface area (Å²) in [5.41, 5.74) is 5.93. The fraction of sp³-hybridized carbons (Fsp3) is 0.300. The van der Waals surface area contributed by atoms with E-state index in [0.717, 1.165) is 24.1 Å². The van der Waals surface area contributed by atoms with E-state index in [1.54, 1.807) is 24.3 Å². The fourth-order valence-corrected chi connectivity index (χ4v) is 4.34. The van der Waals surface area contributed by atoms with Gasteiger partial charge in [0.1, 0.15) is 16.8 Å². The summed E-state index contributed by atoms with van der Waals surface area (Å²) in [7, 11) is -4.27. The summed E-state index contributed by atoms with van der Waals surface area (Å²) in [5.74, 6) is -1.73. The Morgan fingerprint density at radius 2 is 1.73 bits per heavy atom. The molecule has 2 aromatic rings. The molecule has 30 heavy (non-hydrogen) atoms. The third-order valence-electron chi connectivity index (χ3n) is 4.27. The van der Waals surface area contributed by atoms with Crippen molar-refractivity contribution in [3.63, 3.8) is 0 Å². The lowest BCUT2D eigenvalue weighted by atomic mass is 10.1. The van der Waals surface area contributed by atoms with Crippen molar-refractivity contribution in [3.8, 4) is 0 Å². The van der Waals surface area contributed by atoms with Crippen LogP contribution in [0, 0.1) is 5.82 Å². The largest absolute Gasteiger partial charge is 0.271 e. The maximum Gasteiger partial charge on any atom is 0.269 e. The Bertz CT molecular complexity index is 982. The average molecular weight is 454 g/mol. The molecule has 0 aliphatic heterocycles. The van der Waals surface area contributed by atoms with Gasteiger partial charge in [-0.2, -0.15) is 16.5 Å². The number of aryl methyl sites for hydroxylation is 1. The lowest BCUT2D eigenvalue weighted by Gasteiger charge is -2.18. The molecule has 0 aliphatic rings. The molecule has 0 fully saturated rings. The number of thioether (sulfide) groups is 1. The Labute approximate surface area is 179 Å².